The maximum atomic E-state index is 12.8. The van der Waals surface area contributed by atoms with Gasteiger partial charge in [-0.3, -0.25) is 14.4 Å². The number of allylic oxidation sites excluding steroid dienone is 10. The average Bonchev–Trinajstić information content (AvgIpc) is 3.30. The van der Waals surface area contributed by atoms with Gasteiger partial charge in [0.25, 0.3) is 0 Å². The molecule has 0 amide bonds. The molecule has 0 aromatic rings. The Morgan fingerprint density at radius 2 is 0.631 bits per heavy atom. The van der Waals surface area contributed by atoms with Gasteiger partial charge < -0.3 is 14.2 Å². The van der Waals surface area contributed by atoms with Gasteiger partial charge in [0, 0.05) is 19.3 Å². The lowest BCUT2D eigenvalue weighted by atomic mass is 10.1. The monoisotopic (exact) mass is 909 g/mol. The molecule has 0 aliphatic carbocycles. The molecule has 0 rings (SSSR count). The van der Waals surface area contributed by atoms with Gasteiger partial charge in [-0.25, -0.2) is 0 Å². The number of hydrogen-bond acceptors (Lipinski definition) is 6. The normalized spacial score (nSPS) is 12.5. The summed E-state index contributed by atoms with van der Waals surface area (Å²) in [6.07, 6.45) is 66.4. The van der Waals surface area contributed by atoms with E-state index in [2.05, 4.69) is 75.5 Å². The summed E-state index contributed by atoms with van der Waals surface area (Å²) in [5.41, 5.74) is 0. The largest absolute Gasteiger partial charge is 0.462 e. The molecule has 0 heterocycles. The average molecular weight is 909 g/mol. The smallest absolute Gasteiger partial charge is 0.306 e. The van der Waals surface area contributed by atoms with Crippen LogP contribution in [0, 0.1) is 0 Å². The van der Waals surface area contributed by atoms with Gasteiger partial charge >= 0.3 is 17.9 Å². The topological polar surface area (TPSA) is 78.9 Å². The summed E-state index contributed by atoms with van der Waals surface area (Å²) < 4.78 is 16.8. The van der Waals surface area contributed by atoms with Gasteiger partial charge in [0.05, 0.1) is 0 Å². The van der Waals surface area contributed by atoms with Crippen molar-refractivity contribution in [3.63, 3.8) is 0 Å². The number of ether oxygens (including phenoxy) is 3. The van der Waals surface area contributed by atoms with Gasteiger partial charge in [0.2, 0.25) is 0 Å². The predicted molar refractivity (Wildman–Crippen MR) is 279 cm³/mol. The van der Waals surface area contributed by atoms with Crippen LogP contribution in [0.2, 0.25) is 0 Å². The van der Waals surface area contributed by atoms with Crippen LogP contribution in [0.5, 0.6) is 0 Å². The number of hydrogen-bond donors (Lipinski definition) is 0. The summed E-state index contributed by atoms with van der Waals surface area (Å²) in [5, 5.41) is 0. The second-order valence-corrected chi connectivity index (χ2v) is 18.5. The third-order valence-electron chi connectivity index (χ3n) is 12.0. The van der Waals surface area contributed by atoms with Crippen LogP contribution >= 0.6 is 0 Å². The van der Waals surface area contributed by atoms with Crippen LogP contribution in [0.3, 0.4) is 0 Å². The van der Waals surface area contributed by atoms with Gasteiger partial charge in [-0.05, 0) is 89.9 Å². The molecule has 6 heteroatoms. The van der Waals surface area contributed by atoms with Crippen LogP contribution in [-0.2, 0) is 28.6 Å². The van der Waals surface area contributed by atoms with Crippen LogP contribution in [0.4, 0.5) is 0 Å². The first-order valence-electron chi connectivity index (χ1n) is 27.8. The second-order valence-electron chi connectivity index (χ2n) is 18.5. The lowest BCUT2D eigenvalue weighted by Crippen LogP contribution is -2.30. The molecule has 0 radical (unpaired) electrons. The molecule has 0 aromatic carbocycles. The zero-order valence-electron chi connectivity index (χ0n) is 43.0. The lowest BCUT2D eigenvalue weighted by Gasteiger charge is -2.18. The quantitative estimate of drug-likeness (QED) is 0.0199. The van der Waals surface area contributed by atoms with Gasteiger partial charge in [-0.1, -0.05) is 229 Å². The Morgan fingerprint density at radius 1 is 0.323 bits per heavy atom. The van der Waals surface area contributed by atoms with Crippen molar-refractivity contribution in [2.45, 2.75) is 284 Å². The maximum Gasteiger partial charge on any atom is 0.306 e. The number of esters is 3. The molecule has 0 saturated carbocycles. The van der Waals surface area contributed by atoms with E-state index < -0.39 is 6.10 Å². The van der Waals surface area contributed by atoms with Crippen LogP contribution in [0.15, 0.2) is 60.8 Å². The molecule has 65 heavy (non-hydrogen) atoms. The molecule has 0 aromatic heterocycles. The summed E-state index contributed by atoms with van der Waals surface area (Å²) in [4.78, 5) is 38.0. The first kappa shape index (κ1) is 62.1. The number of rotatable bonds is 50. The molecule has 0 fully saturated rings. The summed E-state index contributed by atoms with van der Waals surface area (Å²) in [5.74, 6) is -0.965. The van der Waals surface area contributed by atoms with E-state index in [1.54, 1.807) is 0 Å². The van der Waals surface area contributed by atoms with Crippen molar-refractivity contribution >= 4 is 17.9 Å². The minimum atomic E-state index is -0.799. The van der Waals surface area contributed by atoms with E-state index >= 15 is 0 Å². The van der Waals surface area contributed by atoms with Crippen molar-refractivity contribution in [1.82, 2.24) is 0 Å². The molecular weight excluding hydrogens is 805 g/mol. The number of carbonyl (C=O) groups is 3. The lowest BCUT2D eigenvalue weighted by molar-refractivity contribution is -0.166. The summed E-state index contributed by atoms with van der Waals surface area (Å²) in [6, 6.07) is 0. The van der Waals surface area contributed by atoms with Crippen molar-refractivity contribution in [2.75, 3.05) is 13.2 Å². The van der Waals surface area contributed by atoms with Crippen LogP contribution in [-0.4, -0.2) is 37.2 Å². The Morgan fingerprint density at radius 3 is 1.09 bits per heavy atom. The zero-order chi connectivity index (χ0) is 47.2. The van der Waals surface area contributed by atoms with E-state index in [0.717, 1.165) is 51.4 Å². The zero-order valence-corrected chi connectivity index (χ0v) is 43.0. The maximum absolute atomic E-state index is 12.8. The predicted octanol–water partition coefficient (Wildman–Crippen LogP) is 18.4. The highest BCUT2D eigenvalue weighted by molar-refractivity contribution is 5.71. The summed E-state index contributed by atoms with van der Waals surface area (Å²) in [6.45, 7) is 6.55. The Balaban J connectivity index is 4.40. The highest BCUT2D eigenvalue weighted by Crippen LogP contribution is 2.15. The molecular formula is C59H104O6. The second kappa shape index (κ2) is 53.7. The van der Waals surface area contributed by atoms with Crippen molar-refractivity contribution in [1.29, 1.82) is 0 Å². The molecule has 0 bridgehead atoms. The van der Waals surface area contributed by atoms with Crippen molar-refractivity contribution < 1.29 is 28.6 Å². The standard InChI is InChI=1S/C59H104O6/c1-4-7-10-13-16-19-22-25-27-28-29-30-32-34-37-40-43-46-49-52-58(61)64-55-56(54-63-57(60)51-48-45-42-39-36-33-24-21-18-15-12-9-6-3)65-59(62)53-50-47-44-41-38-35-31-26-23-20-17-14-11-8-5-2/h16,19-20,22-23,25,33,36,42,45,56H,4-15,17-18,21,24,26-32,34-35,37-41,43-44,46-55H2,1-3H3/b19-16+,23-20+,25-22+,36-33+,45-42+. The van der Waals surface area contributed by atoms with Gasteiger partial charge in [0.1, 0.15) is 13.2 Å². The fourth-order valence-corrected chi connectivity index (χ4v) is 7.78. The SMILES string of the molecule is CCCCC/C=C/C=C/CCCCCCCCCCCCC(=O)OCC(COC(=O)CC/C=C/C/C=C/CCCCCCCC)OC(=O)CCCCCCCCC/C=C/CCCCCC. The van der Waals surface area contributed by atoms with E-state index in [1.807, 2.05) is 6.08 Å². The van der Waals surface area contributed by atoms with E-state index in [1.165, 1.54) is 180 Å². The molecule has 0 aliphatic rings. The van der Waals surface area contributed by atoms with Gasteiger partial charge in [-0.15, -0.1) is 0 Å². The molecule has 0 N–H and O–H groups in total. The minimum Gasteiger partial charge on any atom is -0.462 e. The van der Waals surface area contributed by atoms with Crippen molar-refractivity contribution in [2.24, 2.45) is 0 Å². The Labute approximate surface area is 402 Å². The van der Waals surface area contributed by atoms with Crippen LogP contribution < -0.4 is 0 Å². The number of carbonyl (C=O) groups excluding carboxylic acids is 3. The highest BCUT2D eigenvalue weighted by Gasteiger charge is 2.19. The fourth-order valence-electron chi connectivity index (χ4n) is 7.78. The Hall–Kier alpha value is -2.89. The van der Waals surface area contributed by atoms with E-state index in [4.69, 9.17) is 14.2 Å². The third kappa shape index (κ3) is 51.9. The van der Waals surface area contributed by atoms with Crippen molar-refractivity contribution in [3.8, 4) is 0 Å². The summed E-state index contributed by atoms with van der Waals surface area (Å²) >= 11 is 0. The molecule has 6 nitrogen and oxygen atoms in total. The Kier molecular flexibility index (Phi) is 51.3. The number of unbranched alkanes of at least 4 members (excludes halogenated alkanes) is 30. The van der Waals surface area contributed by atoms with E-state index in [0.29, 0.717) is 19.3 Å². The molecule has 0 spiro atoms. The molecule has 1 unspecified atom stereocenters. The van der Waals surface area contributed by atoms with Crippen molar-refractivity contribution in [3.05, 3.63) is 60.8 Å². The molecule has 0 aliphatic heterocycles. The first-order chi connectivity index (χ1) is 32.0. The minimum absolute atomic E-state index is 0.0939. The van der Waals surface area contributed by atoms with E-state index in [9.17, 15) is 14.4 Å². The van der Waals surface area contributed by atoms with Gasteiger partial charge in [0.15, 0.2) is 6.10 Å². The Bertz CT molecular complexity index is 1180. The fraction of sp³-hybridized carbons (Fsp3) is 0.780. The molecule has 1 atom stereocenters. The summed E-state index contributed by atoms with van der Waals surface area (Å²) in [7, 11) is 0. The first-order valence-corrected chi connectivity index (χ1v) is 27.8. The van der Waals surface area contributed by atoms with Crippen LogP contribution in [0.25, 0.3) is 0 Å². The molecule has 376 valence electrons. The highest BCUT2D eigenvalue weighted by atomic mass is 16.6. The van der Waals surface area contributed by atoms with Crippen LogP contribution in [0.1, 0.15) is 278 Å². The van der Waals surface area contributed by atoms with E-state index in [-0.39, 0.29) is 37.5 Å². The third-order valence-corrected chi connectivity index (χ3v) is 12.0. The van der Waals surface area contributed by atoms with Gasteiger partial charge in [-0.2, -0.15) is 0 Å². The molecule has 0 saturated heterocycles.